The lowest BCUT2D eigenvalue weighted by Crippen LogP contribution is -2.41. The number of aliphatic imine (C=N–C) groups is 2. The Labute approximate surface area is 236 Å². The van der Waals surface area contributed by atoms with Crippen LogP contribution in [0.1, 0.15) is 11.3 Å². The fraction of sp³-hybridized carbons (Fsp3) is 0.261. The van der Waals surface area contributed by atoms with Gasteiger partial charge in [-0.25, -0.2) is 31.3 Å². The summed E-state index contributed by atoms with van der Waals surface area (Å²) in [5.74, 6) is 1.25. The summed E-state index contributed by atoms with van der Waals surface area (Å²) in [7, 11) is -6.56. The highest BCUT2D eigenvalue weighted by Gasteiger charge is 2.20. The minimum Gasteiger partial charge on any atom is -0.370 e. The summed E-state index contributed by atoms with van der Waals surface area (Å²) in [5, 5.41) is 5.28. The quantitative estimate of drug-likeness (QED) is 0.108. The lowest BCUT2D eigenvalue weighted by molar-refractivity contribution is 0.581. The van der Waals surface area contributed by atoms with E-state index in [0.29, 0.717) is 29.6 Å². The van der Waals surface area contributed by atoms with Crippen molar-refractivity contribution in [2.45, 2.75) is 22.0 Å². The fourth-order valence-corrected chi connectivity index (χ4v) is 6.94. The molecule has 7 N–H and O–H groups in total. The van der Waals surface area contributed by atoms with Gasteiger partial charge in [0.25, 0.3) is 10.0 Å². The molecule has 16 heteroatoms. The molecule has 0 saturated carbocycles. The smallest absolute Gasteiger partial charge is 0.264 e. The molecule has 3 rings (SSSR count). The lowest BCUT2D eigenvalue weighted by atomic mass is 10.2. The molecule has 3 aromatic rings. The van der Waals surface area contributed by atoms with E-state index in [1.165, 1.54) is 36.6 Å². The standard InChI is InChI=1S/C23H30N8O4S4/c1-26-22(27-12-13-36-15-18-16-37-23(29-18)30-21(24)25)31-39(34,35)20-9-5-8-19(14-20)38(32,33)28-11-10-17-6-3-2-4-7-17/h2-9,14,16,28H,10-13,15H2,1H3,(H2,26,27,31)(H4,24,25,29,30). The fourth-order valence-electron chi connectivity index (χ4n) is 3.16. The van der Waals surface area contributed by atoms with Crippen LogP contribution in [0, 0.1) is 0 Å². The molecule has 0 aliphatic heterocycles. The Morgan fingerprint density at radius 3 is 2.41 bits per heavy atom. The highest BCUT2D eigenvalue weighted by molar-refractivity contribution is 7.98. The van der Waals surface area contributed by atoms with Crippen molar-refractivity contribution in [3.8, 4) is 0 Å². The zero-order chi connectivity index (χ0) is 28.3. The summed E-state index contributed by atoms with van der Waals surface area (Å²) in [4.78, 5) is 11.8. The molecule has 0 radical (unpaired) electrons. The van der Waals surface area contributed by atoms with Crippen molar-refractivity contribution < 1.29 is 16.8 Å². The SMILES string of the molecule is CN=C(NCCSCc1csc(N=C(N)N)n1)NS(=O)(=O)c1cccc(S(=O)(=O)NCCc2ccccc2)c1. The van der Waals surface area contributed by atoms with Gasteiger partial charge in [0, 0.05) is 37.0 Å². The van der Waals surface area contributed by atoms with Gasteiger partial charge in [0.15, 0.2) is 5.96 Å². The number of nitrogens with zero attached hydrogens (tertiary/aromatic N) is 3. The number of sulfonamides is 2. The number of thiazole rings is 1. The van der Waals surface area contributed by atoms with E-state index in [-0.39, 0.29) is 28.3 Å². The van der Waals surface area contributed by atoms with Crippen molar-refractivity contribution in [1.82, 2.24) is 19.7 Å². The number of guanidine groups is 2. The van der Waals surface area contributed by atoms with E-state index in [1.54, 1.807) is 11.8 Å². The van der Waals surface area contributed by atoms with E-state index in [4.69, 9.17) is 11.5 Å². The maximum absolute atomic E-state index is 12.9. The van der Waals surface area contributed by atoms with Gasteiger partial charge in [-0.15, -0.1) is 11.3 Å². The molecule has 39 heavy (non-hydrogen) atoms. The lowest BCUT2D eigenvalue weighted by Gasteiger charge is -2.13. The molecule has 2 aromatic carbocycles. The first kappa shape index (κ1) is 30.4. The molecule has 1 aromatic heterocycles. The number of aromatic nitrogens is 1. The van der Waals surface area contributed by atoms with Crippen LogP contribution in [-0.4, -0.2) is 59.6 Å². The summed E-state index contributed by atoms with van der Waals surface area (Å²) in [6, 6.07) is 14.6. The zero-order valence-corrected chi connectivity index (χ0v) is 24.3. The number of nitrogens with two attached hydrogens (primary N) is 2. The van der Waals surface area contributed by atoms with Crippen molar-refractivity contribution in [3.05, 3.63) is 71.2 Å². The van der Waals surface area contributed by atoms with Gasteiger partial charge in [-0.1, -0.05) is 36.4 Å². The summed E-state index contributed by atoms with van der Waals surface area (Å²) >= 11 is 2.91. The number of benzene rings is 2. The second-order valence-electron chi connectivity index (χ2n) is 7.92. The molecule has 0 saturated heterocycles. The normalized spacial score (nSPS) is 12.2. The summed E-state index contributed by atoms with van der Waals surface area (Å²) < 4.78 is 56.3. The Morgan fingerprint density at radius 1 is 1.00 bits per heavy atom. The van der Waals surface area contributed by atoms with Gasteiger partial charge in [-0.05, 0) is 30.2 Å². The summed E-state index contributed by atoms with van der Waals surface area (Å²) in [6.45, 7) is 0.598. The molecule has 1 heterocycles. The van der Waals surface area contributed by atoms with Gasteiger partial charge in [0.2, 0.25) is 21.1 Å². The molecular weight excluding hydrogens is 581 g/mol. The second-order valence-corrected chi connectivity index (χ2v) is 13.3. The van der Waals surface area contributed by atoms with E-state index >= 15 is 0 Å². The molecule has 0 bridgehead atoms. The Hall–Kier alpha value is -3.18. The minimum absolute atomic E-state index is 0.0357. The monoisotopic (exact) mass is 610 g/mol. The Balaban J connectivity index is 1.51. The predicted molar refractivity (Wildman–Crippen MR) is 157 cm³/mol. The van der Waals surface area contributed by atoms with Gasteiger partial charge >= 0.3 is 0 Å². The maximum atomic E-state index is 12.9. The number of hydrogen-bond donors (Lipinski definition) is 5. The zero-order valence-electron chi connectivity index (χ0n) is 21.1. The number of nitrogens with one attached hydrogen (secondary N) is 3. The largest absolute Gasteiger partial charge is 0.370 e. The first-order chi connectivity index (χ1) is 18.6. The molecule has 0 spiro atoms. The number of rotatable bonds is 13. The molecule has 12 nitrogen and oxygen atoms in total. The highest BCUT2D eigenvalue weighted by atomic mass is 32.2. The van der Waals surface area contributed by atoms with Crippen molar-refractivity contribution in [1.29, 1.82) is 0 Å². The van der Waals surface area contributed by atoms with Crippen molar-refractivity contribution in [2.24, 2.45) is 21.5 Å². The van der Waals surface area contributed by atoms with Gasteiger partial charge in [-0.3, -0.25) is 4.99 Å². The molecule has 0 aliphatic carbocycles. The minimum atomic E-state index is -4.09. The summed E-state index contributed by atoms with van der Waals surface area (Å²) in [5.41, 5.74) is 12.5. The van der Waals surface area contributed by atoms with Crippen molar-refractivity contribution in [3.63, 3.8) is 0 Å². The third kappa shape index (κ3) is 9.81. The molecule has 0 aliphatic rings. The molecule has 0 amide bonds. The molecule has 0 unspecified atom stereocenters. The Bertz CT molecular complexity index is 1500. The first-order valence-corrected chi connectivity index (χ1v) is 16.6. The van der Waals surface area contributed by atoms with Crippen LogP contribution in [-0.2, 0) is 32.2 Å². The van der Waals surface area contributed by atoms with Crippen molar-refractivity contribution in [2.75, 3.05) is 25.9 Å². The van der Waals surface area contributed by atoms with Crippen LogP contribution in [0.4, 0.5) is 5.13 Å². The molecule has 210 valence electrons. The topological polar surface area (TPSA) is 194 Å². The highest BCUT2D eigenvalue weighted by Crippen LogP contribution is 2.21. The Morgan fingerprint density at radius 2 is 1.72 bits per heavy atom. The van der Waals surface area contributed by atoms with E-state index in [9.17, 15) is 16.8 Å². The first-order valence-electron chi connectivity index (χ1n) is 11.6. The van der Waals surface area contributed by atoms with Crippen LogP contribution in [0.3, 0.4) is 0 Å². The second kappa shape index (κ2) is 14.3. The average Bonchev–Trinajstić information content (AvgIpc) is 3.34. The van der Waals surface area contributed by atoms with Gasteiger partial charge in [0.05, 0.1) is 15.5 Å². The van der Waals surface area contributed by atoms with E-state index < -0.39 is 20.0 Å². The summed E-state index contributed by atoms with van der Waals surface area (Å²) in [6.07, 6.45) is 0.503. The van der Waals surface area contributed by atoms with E-state index in [2.05, 4.69) is 29.7 Å². The van der Waals surface area contributed by atoms with E-state index in [0.717, 1.165) is 17.3 Å². The van der Waals surface area contributed by atoms with Gasteiger partial charge in [0.1, 0.15) is 0 Å². The van der Waals surface area contributed by atoms with Crippen LogP contribution >= 0.6 is 23.1 Å². The number of hydrogen-bond acceptors (Lipinski definition) is 9. The van der Waals surface area contributed by atoms with Crippen LogP contribution in [0.25, 0.3) is 0 Å². The van der Waals surface area contributed by atoms with Gasteiger partial charge in [-0.2, -0.15) is 16.8 Å². The Kier molecular flexibility index (Phi) is 11.1. The maximum Gasteiger partial charge on any atom is 0.264 e. The van der Waals surface area contributed by atoms with E-state index in [1.807, 2.05) is 35.7 Å². The van der Waals surface area contributed by atoms with Crippen molar-refractivity contribution >= 4 is 60.2 Å². The van der Waals surface area contributed by atoms with Gasteiger partial charge < -0.3 is 16.8 Å². The predicted octanol–water partition coefficient (Wildman–Crippen LogP) is 1.36. The van der Waals surface area contributed by atoms with Crippen LogP contribution in [0.2, 0.25) is 0 Å². The molecular formula is C23H30N8O4S4. The average molecular weight is 611 g/mol. The van der Waals surface area contributed by atoms with Crippen LogP contribution in [0.15, 0.2) is 79.8 Å². The third-order valence-corrected chi connectivity index (χ3v) is 9.55. The molecule has 0 atom stereocenters. The van der Waals surface area contributed by atoms with Crippen LogP contribution < -0.4 is 26.2 Å². The third-order valence-electron chi connectivity index (χ3n) is 4.98. The number of thioether (sulfide) groups is 1. The van der Waals surface area contributed by atoms with Crippen LogP contribution in [0.5, 0.6) is 0 Å². The molecule has 0 fully saturated rings.